The highest BCUT2D eigenvalue weighted by Crippen LogP contribution is 2.30. The number of hydrogen-bond acceptors (Lipinski definition) is 4. The van der Waals surface area contributed by atoms with Crippen LogP contribution in [0, 0.1) is 5.92 Å². The number of nitrogens with zero attached hydrogens (tertiary/aromatic N) is 2. The largest absolute Gasteiger partial charge is 0.493 e. The summed E-state index contributed by atoms with van der Waals surface area (Å²) < 4.78 is 11.0. The van der Waals surface area contributed by atoms with Crippen LogP contribution in [0.1, 0.15) is 26.7 Å². The molecule has 6 nitrogen and oxygen atoms in total. The van der Waals surface area contributed by atoms with E-state index in [0.29, 0.717) is 18.3 Å². The van der Waals surface area contributed by atoms with Crippen LogP contribution < -0.4 is 20.1 Å². The van der Waals surface area contributed by atoms with Crippen LogP contribution in [0.25, 0.3) is 0 Å². The fraction of sp³-hybridized carbons (Fsp3) is 0.632. The predicted molar refractivity (Wildman–Crippen MR) is 119 cm³/mol. The van der Waals surface area contributed by atoms with E-state index in [4.69, 9.17) is 9.47 Å². The fourth-order valence-electron chi connectivity index (χ4n) is 3.18. The number of ether oxygens (including phenoxy) is 2. The predicted octanol–water partition coefficient (Wildman–Crippen LogP) is 3.43. The number of benzene rings is 1. The standard InChI is InChI=1S/C19H32N4O2.HI/c1-5-23-11-7-8-15(14-23)13-21-19(20-3)22-16-9-10-17(25-6-2)18(12-16)24-4;/h9-10,12,15H,5-8,11,13-14H2,1-4H3,(H2,20,21,22);1H. The molecule has 0 amide bonds. The Hall–Kier alpha value is -1.22. The third-order valence-electron chi connectivity index (χ3n) is 4.56. The Labute approximate surface area is 174 Å². The number of likely N-dealkylation sites (tertiary alicyclic amines) is 1. The lowest BCUT2D eigenvalue weighted by Gasteiger charge is -2.32. The molecule has 1 unspecified atom stereocenters. The maximum absolute atomic E-state index is 5.56. The smallest absolute Gasteiger partial charge is 0.195 e. The maximum atomic E-state index is 5.56. The average molecular weight is 476 g/mol. The van der Waals surface area contributed by atoms with Gasteiger partial charge < -0.3 is 25.0 Å². The van der Waals surface area contributed by atoms with Crippen molar-refractivity contribution < 1.29 is 9.47 Å². The van der Waals surface area contributed by atoms with Crippen molar-refractivity contribution in [2.75, 3.05) is 52.3 Å². The Bertz CT molecular complexity index is 568. The number of aliphatic imine (C=N–C) groups is 1. The molecule has 2 N–H and O–H groups in total. The molecule has 1 saturated heterocycles. The number of halogens is 1. The minimum atomic E-state index is 0. The van der Waals surface area contributed by atoms with Crippen LogP contribution in [0.4, 0.5) is 5.69 Å². The van der Waals surface area contributed by atoms with Gasteiger partial charge in [-0.05, 0) is 50.9 Å². The molecule has 1 aromatic carbocycles. The fourth-order valence-corrected chi connectivity index (χ4v) is 3.18. The topological polar surface area (TPSA) is 58.1 Å². The lowest BCUT2D eigenvalue weighted by molar-refractivity contribution is 0.183. The van der Waals surface area contributed by atoms with E-state index in [-0.39, 0.29) is 24.0 Å². The van der Waals surface area contributed by atoms with E-state index in [1.54, 1.807) is 14.2 Å². The molecule has 0 aliphatic carbocycles. The molecule has 1 atom stereocenters. The number of anilines is 1. The molecule has 2 rings (SSSR count). The summed E-state index contributed by atoms with van der Waals surface area (Å²) in [5.41, 5.74) is 0.923. The highest BCUT2D eigenvalue weighted by molar-refractivity contribution is 14.0. The summed E-state index contributed by atoms with van der Waals surface area (Å²) in [6.07, 6.45) is 2.56. The highest BCUT2D eigenvalue weighted by Gasteiger charge is 2.18. The van der Waals surface area contributed by atoms with Gasteiger partial charge in [-0.1, -0.05) is 6.92 Å². The highest BCUT2D eigenvalue weighted by atomic mass is 127. The van der Waals surface area contributed by atoms with E-state index in [0.717, 1.165) is 37.0 Å². The molecule has 7 heteroatoms. The van der Waals surface area contributed by atoms with Crippen molar-refractivity contribution in [3.05, 3.63) is 18.2 Å². The summed E-state index contributed by atoms with van der Waals surface area (Å²) in [6, 6.07) is 5.81. The van der Waals surface area contributed by atoms with Gasteiger partial charge in [0.2, 0.25) is 0 Å². The van der Waals surface area contributed by atoms with Crippen LogP contribution in [0.5, 0.6) is 11.5 Å². The number of methoxy groups -OCH3 is 1. The van der Waals surface area contributed by atoms with Crippen LogP contribution in [0.15, 0.2) is 23.2 Å². The van der Waals surface area contributed by atoms with Gasteiger partial charge in [-0.15, -0.1) is 24.0 Å². The van der Waals surface area contributed by atoms with Crippen molar-refractivity contribution in [3.8, 4) is 11.5 Å². The van der Waals surface area contributed by atoms with Crippen LogP contribution >= 0.6 is 24.0 Å². The molecule has 1 aliphatic heterocycles. The summed E-state index contributed by atoms with van der Waals surface area (Å²) in [4.78, 5) is 6.85. The maximum Gasteiger partial charge on any atom is 0.195 e. The first-order valence-corrected chi connectivity index (χ1v) is 9.21. The van der Waals surface area contributed by atoms with E-state index < -0.39 is 0 Å². The first-order valence-electron chi connectivity index (χ1n) is 9.21. The molecule has 1 aromatic rings. The molecule has 1 aliphatic rings. The molecular weight excluding hydrogens is 443 g/mol. The van der Waals surface area contributed by atoms with E-state index in [9.17, 15) is 0 Å². The Kier molecular flexibility index (Phi) is 10.7. The van der Waals surface area contributed by atoms with Crippen LogP contribution in [0.2, 0.25) is 0 Å². The van der Waals surface area contributed by atoms with Gasteiger partial charge in [-0.2, -0.15) is 0 Å². The second kappa shape index (κ2) is 12.2. The lowest BCUT2D eigenvalue weighted by atomic mass is 9.98. The number of piperidine rings is 1. The van der Waals surface area contributed by atoms with Crippen LogP contribution in [-0.4, -0.2) is 57.8 Å². The van der Waals surface area contributed by atoms with Gasteiger partial charge in [0.25, 0.3) is 0 Å². The van der Waals surface area contributed by atoms with E-state index in [1.165, 1.54) is 19.4 Å². The third kappa shape index (κ3) is 6.83. The van der Waals surface area contributed by atoms with Gasteiger partial charge >= 0.3 is 0 Å². The van der Waals surface area contributed by atoms with Gasteiger partial charge in [0.1, 0.15) is 0 Å². The van der Waals surface area contributed by atoms with Crippen molar-refractivity contribution in [3.63, 3.8) is 0 Å². The normalized spacial score (nSPS) is 18.0. The van der Waals surface area contributed by atoms with E-state index in [1.807, 2.05) is 25.1 Å². The zero-order valence-corrected chi connectivity index (χ0v) is 18.7. The monoisotopic (exact) mass is 476 g/mol. The molecule has 0 radical (unpaired) electrons. The van der Waals surface area contributed by atoms with Crippen molar-refractivity contribution in [1.82, 2.24) is 10.2 Å². The third-order valence-corrected chi connectivity index (χ3v) is 4.56. The van der Waals surface area contributed by atoms with E-state index in [2.05, 4.69) is 27.4 Å². The summed E-state index contributed by atoms with van der Waals surface area (Å²) >= 11 is 0. The minimum Gasteiger partial charge on any atom is -0.493 e. The number of nitrogens with one attached hydrogen (secondary N) is 2. The summed E-state index contributed by atoms with van der Waals surface area (Å²) in [7, 11) is 3.44. The average Bonchev–Trinajstić information content (AvgIpc) is 2.66. The van der Waals surface area contributed by atoms with Crippen LogP contribution in [-0.2, 0) is 0 Å². The Morgan fingerprint density at radius 2 is 2.12 bits per heavy atom. The number of guanidine groups is 1. The molecule has 1 heterocycles. The van der Waals surface area contributed by atoms with Gasteiger partial charge in [0.15, 0.2) is 17.5 Å². The molecular formula is C19H33IN4O2. The van der Waals surface area contributed by atoms with Crippen LogP contribution in [0.3, 0.4) is 0 Å². The number of rotatable bonds is 7. The first-order chi connectivity index (χ1) is 12.2. The van der Waals surface area contributed by atoms with Gasteiger partial charge in [-0.3, -0.25) is 4.99 Å². The Balaban J connectivity index is 0.00000338. The van der Waals surface area contributed by atoms with Gasteiger partial charge in [0, 0.05) is 31.9 Å². The van der Waals surface area contributed by atoms with Gasteiger partial charge in [0.05, 0.1) is 13.7 Å². The molecule has 1 fully saturated rings. The van der Waals surface area contributed by atoms with E-state index >= 15 is 0 Å². The number of hydrogen-bond donors (Lipinski definition) is 2. The second-order valence-electron chi connectivity index (χ2n) is 6.28. The minimum absolute atomic E-state index is 0. The van der Waals surface area contributed by atoms with Crippen molar-refractivity contribution in [1.29, 1.82) is 0 Å². The Morgan fingerprint density at radius 1 is 1.31 bits per heavy atom. The Morgan fingerprint density at radius 3 is 2.77 bits per heavy atom. The van der Waals surface area contributed by atoms with Crippen molar-refractivity contribution in [2.45, 2.75) is 26.7 Å². The zero-order valence-electron chi connectivity index (χ0n) is 16.4. The molecule has 148 valence electrons. The first kappa shape index (κ1) is 22.8. The van der Waals surface area contributed by atoms with Crippen molar-refractivity contribution in [2.24, 2.45) is 10.9 Å². The SMILES string of the molecule is CCOc1ccc(NC(=NC)NCC2CCCN(CC)C2)cc1OC.I. The second-order valence-corrected chi connectivity index (χ2v) is 6.28. The molecule has 26 heavy (non-hydrogen) atoms. The quantitative estimate of drug-likeness (QED) is 0.359. The molecule has 0 spiro atoms. The van der Waals surface area contributed by atoms with Crippen molar-refractivity contribution >= 4 is 35.6 Å². The lowest BCUT2D eigenvalue weighted by Crippen LogP contribution is -2.42. The molecule has 0 saturated carbocycles. The zero-order chi connectivity index (χ0) is 18.1. The summed E-state index contributed by atoms with van der Waals surface area (Å²) in [5, 5.41) is 6.78. The van der Waals surface area contributed by atoms with Gasteiger partial charge in [-0.25, -0.2) is 0 Å². The summed E-state index contributed by atoms with van der Waals surface area (Å²) in [6.45, 7) is 9.27. The molecule has 0 bridgehead atoms. The summed E-state index contributed by atoms with van der Waals surface area (Å²) in [5.74, 6) is 2.91. The molecule has 0 aromatic heterocycles.